The number of rotatable bonds is 4. The molecule has 96 valence electrons. The Balaban J connectivity index is 1.94. The molecule has 0 saturated heterocycles. The normalized spacial score (nSPS) is 20.3. The molecule has 0 aliphatic heterocycles. The van der Waals surface area contributed by atoms with E-state index >= 15 is 0 Å². The molecule has 0 aromatic carbocycles. The van der Waals surface area contributed by atoms with E-state index in [1.54, 1.807) is 12.3 Å². The largest absolute Gasteiger partial charge is 0.406 e. The molecule has 1 unspecified atom stereocenters. The number of aromatic nitrogens is 1. The average molecular weight is 265 g/mol. The minimum atomic E-state index is -4.17. The fourth-order valence-electron chi connectivity index (χ4n) is 1.56. The number of hydrogen-bond donors (Lipinski definition) is 2. The third-order valence-electron chi connectivity index (χ3n) is 2.86. The van der Waals surface area contributed by atoms with Crippen molar-refractivity contribution in [3.8, 4) is 0 Å². The summed E-state index contributed by atoms with van der Waals surface area (Å²) in [5, 5.41) is 5.05. The summed E-state index contributed by atoms with van der Waals surface area (Å²) in [4.78, 5) is 4.19. The second-order valence-electron chi connectivity index (χ2n) is 4.40. The van der Waals surface area contributed by atoms with E-state index in [9.17, 15) is 13.2 Å². The Morgan fingerprint density at radius 2 is 2.24 bits per heavy atom. The molecule has 3 N–H and O–H groups in total. The lowest BCUT2D eigenvalue weighted by Gasteiger charge is -2.20. The molecule has 0 radical (unpaired) electrons. The topological polar surface area (TPSA) is 50.9 Å². The highest BCUT2D eigenvalue weighted by molar-refractivity contribution is 7.09. The standard InChI is InChI=1S/C10H14F3N3S/c1-6(14)8-16-7(5-17-8)4-15-9(2-3-9)10(11,12)13/h5-6,15H,2-4,14H2,1H3. The van der Waals surface area contributed by atoms with Crippen molar-refractivity contribution in [3.05, 3.63) is 16.1 Å². The first kappa shape index (κ1) is 12.8. The maximum atomic E-state index is 12.6. The number of thiazole rings is 1. The van der Waals surface area contributed by atoms with E-state index in [1.807, 2.05) is 0 Å². The molecular weight excluding hydrogens is 251 g/mol. The van der Waals surface area contributed by atoms with Crippen LogP contribution in [0.15, 0.2) is 5.38 Å². The van der Waals surface area contributed by atoms with Crippen molar-refractivity contribution in [1.82, 2.24) is 10.3 Å². The van der Waals surface area contributed by atoms with Gasteiger partial charge in [0.25, 0.3) is 0 Å². The SMILES string of the molecule is CC(N)c1nc(CNC2(C(F)(F)F)CC2)cs1. The zero-order valence-corrected chi connectivity index (χ0v) is 10.2. The minimum Gasteiger partial charge on any atom is -0.322 e. The van der Waals surface area contributed by atoms with Crippen LogP contribution in [0.3, 0.4) is 0 Å². The molecule has 7 heteroatoms. The van der Waals surface area contributed by atoms with Gasteiger partial charge in [-0.1, -0.05) is 0 Å². The van der Waals surface area contributed by atoms with Crippen molar-refractivity contribution >= 4 is 11.3 Å². The predicted molar refractivity (Wildman–Crippen MR) is 59.6 cm³/mol. The summed E-state index contributed by atoms with van der Waals surface area (Å²) in [6, 6.07) is -0.175. The highest BCUT2D eigenvalue weighted by Crippen LogP contribution is 2.49. The lowest BCUT2D eigenvalue weighted by Crippen LogP contribution is -2.44. The van der Waals surface area contributed by atoms with Crippen LogP contribution in [0.25, 0.3) is 0 Å². The van der Waals surface area contributed by atoms with Crippen molar-refractivity contribution < 1.29 is 13.2 Å². The Bertz CT molecular complexity index is 396. The molecule has 1 aromatic heterocycles. The van der Waals surface area contributed by atoms with Crippen LogP contribution in [0.2, 0.25) is 0 Å². The molecule has 1 aromatic rings. The second kappa shape index (κ2) is 4.22. The Hall–Kier alpha value is -0.660. The molecule has 3 nitrogen and oxygen atoms in total. The number of alkyl halides is 3. The van der Waals surface area contributed by atoms with Crippen molar-refractivity contribution in [2.75, 3.05) is 0 Å². The van der Waals surface area contributed by atoms with E-state index in [4.69, 9.17) is 5.73 Å². The molecule has 0 amide bonds. The van der Waals surface area contributed by atoms with Crippen molar-refractivity contribution in [2.45, 2.75) is 44.1 Å². The van der Waals surface area contributed by atoms with Crippen LogP contribution in [0.1, 0.15) is 36.5 Å². The first-order valence-electron chi connectivity index (χ1n) is 5.36. The number of nitrogens with zero attached hydrogens (tertiary/aromatic N) is 1. The van der Waals surface area contributed by atoms with Crippen LogP contribution in [-0.4, -0.2) is 16.7 Å². The number of nitrogens with one attached hydrogen (secondary N) is 1. The summed E-state index contributed by atoms with van der Waals surface area (Å²) in [5.74, 6) is 0. The molecule has 1 saturated carbocycles. The van der Waals surface area contributed by atoms with Gasteiger partial charge in [0, 0.05) is 11.9 Å². The monoisotopic (exact) mass is 265 g/mol. The van der Waals surface area contributed by atoms with E-state index < -0.39 is 11.7 Å². The van der Waals surface area contributed by atoms with Crippen molar-refractivity contribution in [3.63, 3.8) is 0 Å². The fourth-order valence-corrected chi connectivity index (χ4v) is 2.34. The molecule has 1 aliphatic carbocycles. The minimum absolute atomic E-state index is 0.142. The maximum absolute atomic E-state index is 12.6. The fraction of sp³-hybridized carbons (Fsp3) is 0.700. The van der Waals surface area contributed by atoms with Gasteiger partial charge in [0.15, 0.2) is 0 Å². The molecule has 1 heterocycles. The van der Waals surface area contributed by atoms with Gasteiger partial charge < -0.3 is 5.73 Å². The van der Waals surface area contributed by atoms with Gasteiger partial charge in [-0.25, -0.2) is 4.98 Å². The van der Waals surface area contributed by atoms with Gasteiger partial charge in [0.1, 0.15) is 10.5 Å². The maximum Gasteiger partial charge on any atom is 0.406 e. The van der Waals surface area contributed by atoms with E-state index in [0.29, 0.717) is 5.69 Å². The van der Waals surface area contributed by atoms with Crippen LogP contribution in [-0.2, 0) is 6.54 Å². The van der Waals surface area contributed by atoms with Gasteiger partial charge in [-0.3, -0.25) is 5.32 Å². The summed E-state index contributed by atoms with van der Waals surface area (Å²) in [5.41, 5.74) is 4.59. The van der Waals surface area contributed by atoms with Gasteiger partial charge in [-0.2, -0.15) is 13.2 Å². The van der Waals surface area contributed by atoms with Crippen molar-refractivity contribution in [1.29, 1.82) is 0 Å². The van der Waals surface area contributed by atoms with Crippen LogP contribution < -0.4 is 11.1 Å². The predicted octanol–water partition coefficient (Wildman–Crippen LogP) is 2.35. The quantitative estimate of drug-likeness (QED) is 0.878. The highest BCUT2D eigenvalue weighted by Gasteiger charge is 2.62. The Labute approximate surface area is 101 Å². The number of halogens is 3. The zero-order chi connectivity index (χ0) is 12.7. The smallest absolute Gasteiger partial charge is 0.322 e. The molecule has 1 aliphatic rings. The summed E-state index contributed by atoms with van der Waals surface area (Å²) < 4.78 is 37.9. The van der Waals surface area contributed by atoms with Gasteiger partial charge in [-0.15, -0.1) is 11.3 Å². The van der Waals surface area contributed by atoms with Crippen LogP contribution >= 0.6 is 11.3 Å². The van der Waals surface area contributed by atoms with Gasteiger partial charge in [-0.05, 0) is 19.8 Å². The van der Waals surface area contributed by atoms with Crippen LogP contribution in [0, 0.1) is 0 Å². The molecule has 17 heavy (non-hydrogen) atoms. The second-order valence-corrected chi connectivity index (χ2v) is 5.29. The first-order chi connectivity index (χ1) is 7.84. The molecular formula is C10H14F3N3S. The molecule has 0 spiro atoms. The van der Waals surface area contributed by atoms with Crippen molar-refractivity contribution in [2.24, 2.45) is 5.73 Å². The van der Waals surface area contributed by atoms with E-state index in [0.717, 1.165) is 5.01 Å². The molecule has 1 fully saturated rings. The van der Waals surface area contributed by atoms with E-state index in [-0.39, 0.29) is 25.4 Å². The average Bonchev–Trinajstić information content (AvgIpc) is 2.86. The molecule has 0 bridgehead atoms. The van der Waals surface area contributed by atoms with Gasteiger partial charge >= 0.3 is 6.18 Å². The molecule has 1 atom stereocenters. The summed E-state index contributed by atoms with van der Waals surface area (Å²) >= 11 is 1.38. The number of hydrogen-bond acceptors (Lipinski definition) is 4. The third kappa shape index (κ3) is 2.61. The summed E-state index contributed by atoms with van der Waals surface area (Å²) in [6.45, 7) is 1.94. The first-order valence-corrected chi connectivity index (χ1v) is 6.24. The van der Waals surface area contributed by atoms with E-state index in [1.165, 1.54) is 11.3 Å². The molecule has 2 rings (SSSR count). The summed E-state index contributed by atoms with van der Waals surface area (Å²) in [6.07, 6.45) is -3.87. The van der Waals surface area contributed by atoms with E-state index in [2.05, 4.69) is 10.3 Å². The summed E-state index contributed by atoms with van der Waals surface area (Å²) in [7, 11) is 0. The van der Waals surface area contributed by atoms with Gasteiger partial charge in [0.05, 0.1) is 11.7 Å². The van der Waals surface area contributed by atoms with Crippen LogP contribution in [0.4, 0.5) is 13.2 Å². The lowest BCUT2D eigenvalue weighted by molar-refractivity contribution is -0.166. The van der Waals surface area contributed by atoms with Crippen LogP contribution in [0.5, 0.6) is 0 Å². The Kier molecular flexibility index (Phi) is 3.17. The van der Waals surface area contributed by atoms with Gasteiger partial charge in [0.2, 0.25) is 0 Å². The number of nitrogens with two attached hydrogens (primary N) is 1. The Morgan fingerprint density at radius 1 is 1.59 bits per heavy atom. The third-order valence-corrected chi connectivity index (χ3v) is 3.95. The zero-order valence-electron chi connectivity index (χ0n) is 9.34. The lowest BCUT2D eigenvalue weighted by atomic mass is 10.2. The Morgan fingerprint density at radius 3 is 2.65 bits per heavy atom. The highest BCUT2D eigenvalue weighted by atomic mass is 32.1.